The SMILES string of the molecule is CCOC(=O)CCNC(=O)C(c1ccc(O)cc1)N(C(=O)C(CC(C)C)NC(=O)OC(C)(C)C)C(C)CC. The number of ether oxygens (including phenoxy) is 2. The highest BCUT2D eigenvalue weighted by atomic mass is 16.6. The first-order valence-electron chi connectivity index (χ1n) is 13.2. The maximum Gasteiger partial charge on any atom is 0.408 e. The molecule has 38 heavy (non-hydrogen) atoms. The van der Waals surface area contributed by atoms with Gasteiger partial charge in [-0.3, -0.25) is 14.4 Å². The van der Waals surface area contributed by atoms with E-state index in [1.807, 2.05) is 27.7 Å². The zero-order valence-corrected chi connectivity index (χ0v) is 24.0. The molecule has 0 radical (unpaired) electrons. The van der Waals surface area contributed by atoms with Crippen molar-refractivity contribution < 1.29 is 33.8 Å². The molecule has 3 N–H and O–H groups in total. The van der Waals surface area contributed by atoms with Crippen molar-refractivity contribution >= 4 is 23.9 Å². The van der Waals surface area contributed by atoms with Crippen LogP contribution in [-0.4, -0.2) is 64.7 Å². The minimum Gasteiger partial charge on any atom is -0.508 e. The number of aromatic hydroxyl groups is 1. The summed E-state index contributed by atoms with van der Waals surface area (Å²) in [4.78, 5) is 53.5. The molecule has 214 valence electrons. The molecule has 0 aromatic heterocycles. The summed E-state index contributed by atoms with van der Waals surface area (Å²) in [5, 5.41) is 15.3. The highest BCUT2D eigenvalue weighted by Gasteiger charge is 2.38. The van der Waals surface area contributed by atoms with E-state index in [0.717, 1.165) is 0 Å². The van der Waals surface area contributed by atoms with Crippen LogP contribution in [0.2, 0.25) is 0 Å². The van der Waals surface area contributed by atoms with Crippen molar-refractivity contribution in [3.63, 3.8) is 0 Å². The maximum absolute atomic E-state index is 14.1. The Morgan fingerprint density at radius 1 is 1.03 bits per heavy atom. The number of phenolic OH excluding ortho intramolecular Hbond substituents is 1. The first kappa shape index (κ1) is 32.7. The van der Waals surface area contributed by atoms with Gasteiger partial charge in [0, 0.05) is 12.6 Å². The van der Waals surface area contributed by atoms with Crippen LogP contribution in [-0.2, 0) is 23.9 Å². The van der Waals surface area contributed by atoms with Crippen LogP contribution in [0, 0.1) is 5.92 Å². The summed E-state index contributed by atoms with van der Waals surface area (Å²) in [7, 11) is 0. The molecule has 0 saturated carbocycles. The van der Waals surface area contributed by atoms with Gasteiger partial charge in [-0.2, -0.15) is 0 Å². The number of nitrogens with zero attached hydrogens (tertiary/aromatic N) is 1. The zero-order chi connectivity index (χ0) is 29.0. The Hall–Kier alpha value is -3.30. The zero-order valence-electron chi connectivity index (χ0n) is 24.0. The minimum atomic E-state index is -1.07. The number of phenols is 1. The van der Waals surface area contributed by atoms with E-state index in [4.69, 9.17) is 9.47 Å². The quantitative estimate of drug-likeness (QED) is 0.324. The van der Waals surface area contributed by atoms with Crippen molar-refractivity contribution in [2.75, 3.05) is 13.2 Å². The van der Waals surface area contributed by atoms with Crippen molar-refractivity contribution in [2.45, 2.75) is 98.4 Å². The van der Waals surface area contributed by atoms with Crippen LogP contribution in [0.1, 0.15) is 86.3 Å². The monoisotopic (exact) mass is 535 g/mol. The molecular formula is C28H45N3O7. The fourth-order valence-electron chi connectivity index (χ4n) is 3.83. The molecule has 0 aliphatic rings. The van der Waals surface area contributed by atoms with Gasteiger partial charge in [0.25, 0.3) is 0 Å². The van der Waals surface area contributed by atoms with E-state index in [1.54, 1.807) is 39.8 Å². The lowest BCUT2D eigenvalue weighted by Gasteiger charge is -2.38. The van der Waals surface area contributed by atoms with Crippen molar-refractivity contribution in [3.05, 3.63) is 29.8 Å². The van der Waals surface area contributed by atoms with Crippen molar-refractivity contribution in [3.8, 4) is 5.75 Å². The van der Waals surface area contributed by atoms with Crippen LogP contribution in [0.15, 0.2) is 24.3 Å². The van der Waals surface area contributed by atoms with Gasteiger partial charge in [0.15, 0.2) is 0 Å². The van der Waals surface area contributed by atoms with Crippen molar-refractivity contribution in [2.24, 2.45) is 5.92 Å². The second-order valence-electron chi connectivity index (χ2n) is 10.7. The van der Waals surface area contributed by atoms with E-state index in [0.29, 0.717) is 18.4 Å². The van der Waals surface area contributed by atoms with E-state index in [9.17, 15) is 24.3 Å². The van der Waals surface area contributed by atoms with Gasteiger partial charge in [-0.15, -0.1) is 0 Å². The third kappa shape index (κ3) is 11.0. The predicted molar refractivity (Wildman–Crippen MR) is 144 cm³/mol. The molecule has 1 rings (SSSR count). The van der Waals surface area contributed by atoms with Gasteiger partial charge < -0.3 is 30.1 Å². The summed E-state index contributed by atoms with van der Waals surface area (Å²) in [6.07, 6.45) is 0.130. The molecule has 3 atom stereocenters. The molecule has 0 saturated heterocycles. The Morgan fingerprint density at radius 3 is 2.13 bits per heavy atom. The van der Waals surface area contributed by atoms with Crippen LogP contribution in [0.5, 0.6) is 5.75 Å². The molecule has 0 bridgehead atoms. The van der Waals surface area contributed by atoms with Crippen LogP contribution in [0.3, 0.4) is 0 Å². The average molecular weight is 536 g/mol. The lowest BCUT2D eigenvalue weighted by Crippen LogP contribution is -2.55. The number of amides is 3. The van der Waals surface area contributed by atoms with Crippen LogP contribution in [0.25, 0.3) is 0 Å². The molecule has 1 aromatic carbocycles. The Bertz CT molecular complexity index is 925. The molecule has 10 nitrogen and oxygen atoms in total. The molecule has 0 spiro atoms. The molecule has 1 aromatic rings. The molecule has 3 unspecified atom stereocenters. The summed E-state index contributed by atoms with van der Waals surface area (Å²) < 4.78 is 10.3. The van der Waals surface area contributed by atoms with Gasteiger partial charge in [-0.25, -0.2) is 4.79 Å². The smallest absolute Gasteiger partial charge is 0.408 e. The Morgan fingerprint density at radius 2 is 1.63 bits per heavy atom. The van der Waals surface area contributed by atoms with Gasteiger partial charge in [-0.1, -0.05) is 32.9 Å². The highest BCUT2D eigenvalue weighted by molar-refractivity contribution is 5.92. The maximum atomic E-state index is 14.1. The molecule has 0 fully saturated rings. The van der Waals surface area contributed by atoms with Gasteiger partial charge in [-0.05, 0) is 71.1 Å². The minimum absolute atomic E-state index is 0.0147. The van der Waals surface area contributed by atoms with Crippen LogP contribution >= 0.6 is 0 Å². The van der Waals surface area contributed by atoms with E-state index in [1.165, 1.54) is 17.0 Å². The molecule has 3 amide bonds. The second kappa shape index (κ2) is 15.2. The lowest BCUT2D eigenvalue weighted by molar-refractivity contribution is -0.146. The number of nitrogens with one attached hydrogen (secondary N) is 2. The van der Waals surface area contributed by atoms with E-state index >= 15 is 0 Å². The van der Waals surface area contributed by atoms with Gasteiger partial charge in [0.05, 0.1) is 13.0 Å². The molecule has 0 aliphatic heterocycles. The van der Waals surface area contributed by atoms with Gasteiger partial charge in [0.2, 0.25) is 11.8 Å². The molecular weight excluding hydrogens is 490 g/mol. The summed E-state index contributed by atoms with van der Waals surface area (Å²) in [6.45, 7) is 14.8. The summed E-state index contributed by atoms with van der Waals surface area (Å²) in [5.74, 6) is -1.29. The summed E-state index contributed by atoms with van der Waals surface area (Å²) >= 11 is 0. The number of carbonyl (C=O) groups is 4. The van der Waals surface area contributed by atoms with E-state index in [-0.39, 0.29) is 37.3 Å². The number of hydrogen-bond donors (Lipinski definition) is 3. The number of alkyl carbamates (subject to hydrolysis) is 1. The Labute approximate surface area is 226 Å². The van der Waals surface area contributed by atoms with E-state index in [2.05, 4.69) is 10.6 Å². The number of carbonyl (C=O) groups excluding carboxylic acids is 4. The number of benzene rings is 1. The number of rotatable bonds is 13. The Balaban J connectivity index is 3.43. The number of esters is 1. The normalized spacial score (nSPS) is 13.7. The predicted octanol–water partition coefficient (Wildman–Crippen LogP) is 4.07. The highest BCUT2D eigenvalue weighted by Crippen LogP contribution is 2.28. The van der Waals surface area contributed by atoms with Gasteiger partial charge >= 0.3 is 12.1 Å². The molecule has 0 aliphatic carbocycles. The van der Waals surface area contributed by atoms with Crippen molar-refractivity contribution in [1.82, 2.24) is 15.5 Å². The summed E-state index contributed by atoms with van der Waals surface area (Å²) in [6, 6.07) is 3.64. The molecule has 0 heterocycles. The van der Waals surface area contributed by atoms with Crippen LogP contribution in [0.4, 0.5) is 4.79 Å². The lowest BCUT2D eigenvalue weighted by atomic mass is 9.97. The average Bonchev–Trinajstić information content (AvgIpc) is 2.80. The fourth-order valence-corrected chi connectivity index (χ4v) is 3.83. The topological polar surface area (TPSA) is 134 Å². The largest absolute Gasteiger partial charge is 0.508 e. The number of hydrogen-bond acceptors (Lipinski definition) is 7. The summed E-state index contributed by atoms with van der Waals surface area (Å²) in [5.41, 5.74) is -0.273. The second-order valence-corrected chi connectivity index (χ2v) is 10.7. The standard InChI is InChI=1S/C28H45N3O7/c1-9-19(5)31(26(35)22(17-18(3)4)30-27(36)38-28(6,7)8)24(20-11-13-21(32)14-12-20)25(34)29-16-15-23(33)37-10-2/h11-14,18-19,22,24,32H,9-10,15-17H2,1-8H3,(H,29,34)(H,30,36). The van der Waals surface area contributed by atoms with Crippen LogP contribution < -0.4 is 10.6 Å². The Kier molecular flexibility index (Phi) is 13.1. The first-order chi connectivity index (χ1) is 17.7. The van der Waals surface area contributed by atoms with Gasteiger partial charge in [0.1, 0.15) is 23.4 Å². The third-order valence-corrected chi connectivity index (χ3v) is 5.69. The van der Waals surface area contributed by atoms with Crippen molar-refractivity contribution in [1.29, 1.82) is 0 Å². The van der Waals surface area contributed by atoms with E-state index < -0.39 is 41.6 Å². The first-order valence-corrected chi connectivity index (χ1v) is 13.2. The fraction of sp³-hybridized carbons (Fsp3) is 0.643. The molecule has 10 heteroatoms. The third-order valence-electron chi connectivity index (χ3n) is 5.69.